The van der Waals surface area contributed by atoms with E-state index >= 15 is 0 Å². The molecule has 0 saturated carbocycles. The predicted octanol–water partition coefficient (Wildman–Crippen LogP) is 3.90. The number of thioether (sulfide) groups is 1. The third kappa shape index (κ3) is 4.24. The Morgan fingerprint density at radius 2 is 2.25 bits per heavy atom. The topological polar surface area (TPSA) is 21.3 Å². The molecule has 0 aromatic heterocycles. The maximum atomic E-state index is 6.13. The van der Waals surface area contributed by atoms with E-state index in [2.05, 4.69) is 12.2 Å². The molecule has 0 heterocycles. The fourth-order valence-electron chi connectivity index (χ4n) is 1.38. The number of hydrogen-bond acceptors (Lipinski definition) is 3. The van der Waals surface area contributed by atoms with E-state index in [1.54, 1.807) is 11.8 Å². The second-order valence-corrected chi connectivity index (χ2v) is 4.81. The van der Waals surface area contributed by atoms with E-state index in [1.165, 1.54) is 0 Å². The van der Waals surface area contributed by atoms with Crippen molar-refractivity contribution in [1.82, 2.24) is 0 Å². The Morgan fingerprint density at radius 3 is 2.81 bits per heavy atom. The summed E-state index contributed by atoms with van der Waals surface area (Å²) in [6, 6.07) is 6.31. The van der Waals surface area contributed by atoms with Gasteiger partial charge in [0.05, 0.1) is 11.6 Å². The summed E-state index contributed by atoms with van der Waals surface area (Å²) in [4.78, 5) is 1.10. The van der Waals surface area contributed by atoms with Crippen LogP contribution in [-0.2, 0) is 4.74 Å². The van der Waals surface area contributed by atoms with E-state index in [-0.39, 0.29) is 6.04 Å². The first kappa shape index (κ1) is 13.7. The van der Waals surface area contributed by atoms with Gasteiger partial charge in [-0.3, -0.25) is 0 Å². The van der Waals surface area contributed by atoms with Crippen molar-refractivity contribution in [3.05, 3.63) is 23.2 Å². The zero-order chi connectivity index (χ0) is 12.0. The number of anilines is 1. The number of nitrogens with one attached hydrogen (secondary N) is 1. The molecule has 0 fully saturated rings. The molecule has 0 bridgehead atoms. The third-order valence-corrected chi connectivity index (χ3v) is 3.36. The predicted molar refractivity (Wildman–Crippen MR) is 72.8 cm³/mol. The van der Waals surface area contributed by atoms with Crippen LogP contribution in [0.25, 0.3) is 0 Å². The average molecular weight is 260 g/mol. The Labute approximate surface area is 107 Å². The SMILES string of the molecule is CCOCC(C)Nc1ccc(SC)c(Cl)c1. The number of rotatable bonds is 6. The van der Waals surface area contributed by atoms with E-state index in [9.17, 15) is 0 Å². The van der Waals surface area contributed by atoms with Gasteiger partial charge in [0.15, 0.2) is 0 Å². The third-order valence-electron chi connectivity index (χ3n) is 2.14. The van der Waals surface area contributed by atoms with Crippen molar-refractivity contribution >= 4 is 29.1 Å². The first-order chi connectivity index (χ1) is 7.67. The molecular formula is C12H18ClNOS. The summed E-state index contributed by atoms with van der Waals surface area (Å²) in [7, 11) is 0. The minimum absolute atomic E-state index is 0.288. The van der Waals surface area contributed by atoms with Gasteiger partial charge in [-0.2, -0.15) is 0 Å². The molecule has 4 heteroatoms. The number of halogens is 1. The van der Waals surface area contributed by atoms with Gasteiger partial charge in [0.25, 0.3) is 0 Å². The Morgan fingerprint density at radius 1 is 1.50 bits per heavy atom. The average Bonchev–Trinajstić information content (AvgIpc) is 2.26. The normalized spacial score (nSPS) is 12.5. The second-order valence-electron chi connectivity index (χ2n) is 3.55. The van der Waals surface area contributed by atoms with Crippen LogP contribution in [0.1, 0.15) is 13.8 Å². The first-order valence-electron chi connectivity index (χ1n) is 5.35. The number of ether oxygens (including phenoxy) is 1. The van der Waals surface area contributed by atoms with E-state index in [1.807, 2.05) is 31.4 Å². The Hall–Kier alpha value is -0.380. The lowest BCUT2D eigenvalue weighted by Crippen LogP contribution is -2.21. The van der Waals surface area contributed by atoms with Crippen LogP contribution < -0.4 is 5.32 Å². The Bertz CT molecular complexity index is 333. The van der Waals surface area contributed by atoms with Crippen LogP contribution in [-0.4, -0.2) is 25.5 Å². The standard InChI is InChI=1S/C12H18ClNOS/c1-4-15-8-9(2)14-10-5-6-12(16-3)11(13)7-10/h5-7,9,14H,4,8H2,1-3H3. The second kappa shape index (κ2) is 7.05. The van der Waals surface area contributed by atoms with Gasteiger partial charge < -0.3 is 10.1 Å². The minimum Gasteiger partial charge on any atom is -0.380 e. The number of hydrogen-bond donors (Lipinski definition) is 1. The lowest BCUT2D eigenvalue weighted by Gasteiger charge is -2.15. The van der Waals surface area contributed by atoms with Crippen LogP contribution in [0.5, 0.6) is 0 Å². The molecule has 2 nitrogen and oxygen atoms in total. The summed E-state index contributed by atoms with van der Waals surface area (Å²) >= 11 is 7.78. The first-order valence-corrected chi connectivity index (χ1v) is 6.95. The Balaban J connectivity index is 2.57. The summed E-state index contributed by atoms with van der Waals surface area (Å²) < 4.78 is 5.34. The van der Waals surface area contributed by atoms with E-state index in [4.69, 9.17) is 16.3 Å². The summed E-state index contributed by atoms with van der Waals surface area (Å²) in [5.41, 5.74) is 1.04. The van der Waals surface area contributed by atoms with Gasteiger partial charge in [0, 0.05) is 23.2 Å². The number of benzene rings is 1. The summed E-state index contributed by atoms with van der Waals surface area (Å²) in [6.07, 6.45) is 2.02. The molecule has 0 aliphatic rings. The summed E-state index contributed by atoms with van der Waals surface area (Å²) in [5, 5.41) is 4.14. The monoisotopic (exact) mass is 259 g/mol. The zero-order valence-corrected chi connectivity index (χ0v) is 11.5. The summed E-state index contributed by atoms with van der Waals surface area (Å²) in [6.45, 7) is 5.54. The van der Waals surface area contributed by atoms with Crippen LogP contribution in [0.15, 0.2) is 23.1 Å². The molecule has 1 rings (SSSR count). The van der Waals surface area contributed by atoms with Gasteiger partial charge in [-0.25, -0.2) is 0 Å². The zero-order valence-electron chi connectivity index (χ0n) is 9.92. The lowest BCUT2D eigenvalue weighted by atomic mass is 10.3. The quantitative estimate of drug-likeness (QED) is 0.783. The van der Waals surface area contributed by atoms with Crippen molar-refractivity contribution in [3.63, 3.8) is 0 Å². The highest BCUT2D eigenvalue weighted by Crippen LogP contribution is 2.28. The van der Waals surface area contributed by atoms with Crippen LogP contribution in [0, 0.1) is 0 Å². The molecule has 0 amide bonds. The molecule has 1 aromatic rings. The fourth-order valence-corrected chi connectivity index (χ4v) is 2.25. The smallest absolute Gasteiger partial charge is 0.0664 e. The molecular weight excluding hydrogens is 242 g/mol. The maximum absolute atomic E-state index is 6.13. The highest BCUT2D eigenvalue weighted by molar-refractivity contribution is 7.98. The molecule has 1 unspecified atom stereocenters. The molecule has 0 radical (unpaired) electrons. The Kier molecular flexibility index (Phi) is 6.03. The van der Waals surface area contributed by atoms with Crippen molar-refractivity contribution in [3.8, 4) is 0 Å². The maximum Gasteiger partial charge on any atom is 0.0664 e. The molecule has 1 atom stereocenters. The van der Waals surface area contributed by atoms with Gasteiger partial charge in [0.2, 0.25) is 0 Å². The van der Waals surface area contributed by atoms with Crippen molar-refractivity contribution < 1.29 is 4.74 Å². The molecule has 1 N–H and O–H groups in total. The molecule has 16 heavy (non-hydrogen) atoms. The molecule has 0 aliphatic carbocycles. The van der Waals surface area contributed by atoms with E-state index in [0.29, 0.717) is 6.61 Å². The van der Waals surface area contributed by atoms with Crippen LogP contribution in [0.2, 0.25) is 5.02 Å². The minimum atomic E-state index is 0.288. The van der Waals surface area contributed by atoms with E-state index in [0.717, 1.165) is 22.2 Å². The van der Waals surface area contributed by atoms with Crippen LogP contribution in [0.3, 0.4) is 0 Å². The van der Waals surface area contributed by atoms with Crippen molar-refractivity contribution in [2.24, 2.45) is 0 Å². The van der Waals surface area contributed by atoms with Crippen molar-refractivity contribution in [2.75, 3.05) is 24.8 Å². The van der Waals surface area contributed by atoms with E-state index < -0.39 is 0 Å². The van der Waals surface area contributed by atoms with Crippen LogP contribution >= 0.6 is 23.4 Å². The molecule has 90 valence electrons. The van der Waals surface area contributed by atoms with Gasteiger partial charge in [-0.05, 0) is 38.3 Å². The van der Waals surface area contributed by atoms with Crippen molar-refractivity contribution in [2.45, 2.75) is 24.8 Å². The largest absolute Gasteiger partial charge is 0.380 e. The summed E-state index contributed by atoms with van der Waals surface area (Å²) in [5.74, 6) is 0. The van der Waals surface area contributed by atoms with Crippen molar-refractivity contribution in [1.29, 1.82) is 0 Å². The van der Waals surface area contributed by atoms with Gasteiger partial charge in [-0.1, -0.05) is 11.6 Å². The molecule has 1 aromatic carbocycles. The highest BCUT2D eigenvalue weighted by Gasteiger charge is 2.04. The molecule has 0 saturated heterocycles. The van der Waals surface area contributed by atoms with Gasteiger partial charge >= 0.3 is 0 Å². The lowest BCUT2D eigenvalue weighted by molar-refractivity contribution is 0.141. The molecule has 0 spiro atoms. The van der Waals surface area contributed by atoms with Gasteiger partial charge in [0.1, 0.15) is 0 Å². The van der Waals surface area contributed by atoms with Gasteiger partial charge in [-0.15, -0.1) is 11.8 Å². The van der Waals surface area contributed by atoms with Crippen LogP contribution in [0.4, 0.5) is 5.69 Å². The fraction of sp³-hybridized carbons (Fsp3) is 0.500. The molecule has 0 aliphatic heterocycles. The highest BCUT2D eigenvalue weighted by atomic mass is 35.5.